The lowest BCUT2D eigenvalue weighted by Gasteiger charge is -2.31. The van der Waals surface area contributed by atoms with E-state index in [0.29, 0.717) is 29.3 Å². The third-order valence-electron chi connectivity index (χ3n) is 6.90. The van der Waals surface area contributed by atoms with Crippen LogP contribution in [0.4, 0.5) is 0 Å². The van der Waals surface area contributed by atoms with Gasteiger partial charge >= 0.3 is 11.9 Å². The van der Waals surface area contributed by atoms with Crippen LogP contribution >= 0.6 is 0 Å². The molecule has 0 unspecified atom stereocenters. The van der Waals surface area contributed by atoms with Crippen molar-refractivity contribution in [3.05, 3.63) is 56.9 Å². The molecule has 0 amide bonds. The number of esters is 2. The molecule has 0 radical (unpaired) electrons. The minimum atomic E-state index is -1.87. The molecule has 36 heavy (non-hydrogen) atoms. The summed E-state index contributed by atoms with van der Waals surface area (Å²) in [5.74, 6) is -0.764. The van der Waals surface area contributed by atoms with Gasteiger partial charge in [0.05, 0.1) is 35.6 Å². The molecular weight excluding hydrogens is 464 g/mol. The molecule has 9 nitrogen and oxygen atoms in total. The topological polar surface area (TPSA) is 117 Å². The number of carbonyl (C=O) groups excluding carboxylic acids is 2. The summed E-state index contributed by atoms with van der Waals surface area (Å²) in [6, 6.07) is 7.10. The second-order valence-corrected chi connectivity index (χ2v) is 9.21. The molecule has 0 spiro atoms. The van der Waals surface area contributed by atoms with E-state index in [1.54, 1.807) is 29.7 Å². The van der Waals surface area contributed by atoms with Crippen molar-refractivity contribution in [1.29, 1.82) is 0 Å². The third kappa shape index (κ3) is 3.79. The van der Waals surface area contributed by atoms with Crippen molar-refractivity contribution in [3.63, 3.8) is 0 Å². The van der Waals surface area contributed by atoms with Crippen LogP contribution in [-0.4, -0.2) is 33.2 Å². The quantitative estimate of drug-likeness (QED) is 0.237. The number of unbranched alkanes of at least 4 members (excludes halogenated alkanes) is 1. The first-order valence-corrected chi connectivity index (χ1v) is 12.2. The van der Waals surface area contributed by atoms with Gasteiger partial charge in [-0.05, 0) is 37.1 Å². The number of aromatic nitrogens is 2. The van der Waals surface area contributed by atoms with Gasteiger partial charge in [-0.1, -0.05) is 20.3 Å². The van der Waals surface area contributed by atoms with Gasteiger partial charge in [0.25, 0.3) is 5.56 Å². The van der Waals surface area contributed by atoms with Crippen molar-refractivity contribution in [2.75, 3.05) is 6.61 Å². The van der Waals surface area contributed by atoms with E-state index in [9.17, 15) is 19.5 Å². The van der Waals surface area contributed by atoms with Crippen molar-refractivity contribution in [1.82, 2.24) is 9.55 Å². The average molecular weight is 493 g/mol. The Morgan fingerprint density at radius 1 is 1.25 bits per heavy atom. The highest BCUT2D eigenvalue weighted by Crippen LogP contribution is 2.39. The zero-order chi connectivity index (χ0) is 25.6. The molecule has 0 bridgehead atoms. The van der Waals surface area contributed by atoms with Crippen LogP contribution in [0.15, 0.2) is 29.1 Å². The van der Waals surface area contributed by atoms with Gasteiger partial charge in [-0.3, -0.25) is 9.59 Å². The summed E-state index contributed by atoms with van der Waals surface area (Å²) in [6.45, 7) is 6.05. The van der Waals surface area contributed by atoms with E-state index in [4.69, 9.17) is 19.2 Å². The monoisotopic (exact) mass is 492 g/mol. The number of ether oxygens (including phenoxy) is 3. The van der Waals surface area contributed by atoms with E-state index in [0.717, 1.165) is 29.4 Å². The molecule has 3 aromatic rings. The van der Waals surface area contributed by atoms with Crippen molar-refractivity contribution in [2.24, 2.45) is 0 Å². The maximum atomic E-state index is 13.4. The van der Waals surface area contributed by atoms with Crippen molar-refractivity contribution >= 4 is 22.8 Å². The molecule has 4 heterocycles. The number of fused-ring (bicyclic) bond motifs is 5. The molecule has 2 aliphatic rings. The Balaban J connectivity index is 1.65. The highest BCUT2D eigenvalue weighted by molar-refractivity contribution is 5.90. The van der Waals surface area contributed by atoms with E-state index in [2.05, 4.69) is 6.92 Å². The standard InChI is InChI=1S/C27H28N2O7/c1-4-6-9-34-13-18-17-10-16-12-29-22(24(16)28-21(17)7-8-23(18)36-15(3)30)11-20-19(25(29)31)14-35-26(32)27(20,33)5-2/h7-8,10-11,33H,4-6,9,12-14H2,1-3H3/t27-/m0/s1. The van der Waals surface area contributed by atoms with E-state index in [1.807, 2.05) is 6.07 Å². The lowest BCUT2D eigenvalue weighted by molar-refractivity contribution is -0.172. The number of cyclic esters (lactones) is 1. The zero-order valence-electron chi connectivity index (χ0n) is 20.6. The minimum absolute atomic E-state index is 0.0834. The number of pyridine rings is 2. The number of benzene rings is 1. The molecular formula is C27H28N2O7. The molecule has 0 saturated heterocycles. The number of carbonyl (C=O) groups is 2. The van der Waals surface area contributed by atoms with Crippen molar-refractivity contribution in [3.8, 4) is 17.1 Å². The molecule has 2 aliphatic heterocycles. The number of hydrogen-bond acceptors (Lipinski definition) is 8. The molecule has 1 aromatic carbocycles. The van der Waals surface area contributed by atoms with Gasteiger partial charge < -0.3 is 23.9 Å². The molecule has 0 saturated carbocycles. The van der Waals surface area contributed by atoms with Gasteiger partial charge in [0.2, 0.25) is 0 Å². The number of nitrogens with zero attached hydrogens (tertiary/aromatic N) is 2. The fourth-order valence-corrected chi connectivity index (χ4v) is 4.91. The first-order valence-electron chi connectivity index (χ1n) is 12.2. The maximum absolute atomic E-state index is 13.4. The lowest BCUT2D eigenvalue weighted by atomic mass is 9.86. The molecule has 5 rings (SSSR count). The second kappa shape index (κ2) is 9.15. The maximum Gasteiger partial charge on any atom is 0.343 e. The smallest absolute Gasteiger partial charge is 0.343 e. The molecule has 188 valence electrons. The van der Waals surface area contributed by atoms with Crippen LogP contribution in [0.3, 0.4) is 0 Å². The fraction of sp³-hybridized carbons (Fsp3) is 0.407. The number of rotatable bonds is 7. The summed E-state index contributed by atoms with van der Waals surface area (Å²) in [7, 11) is 0. The van der Waals surface area contributed by atoms with Crippen LogP contribution in [0.1, 0.15) is 62.3 Å². The van der Waals surface area contributed by atoms with Crippen molar-refractivity contribution in [2.45, 2.75) is 65.4 Å². The third-order valence-corrected chi connectivity index (χ3v) is 6.90. The molecule has 0 aliphatic carbocycles. The zero-order valence-corrected chi connectivity index (χ0v) is 20.6. The van der Waals surface area contributed by atoms with Crippen LogP contribution in [0.25, 0.3) is 22.3 Å². The van der Waals surface area contributed by atoms with Gasteiger partial charge in [0.1, 0.15) is 12.4 Å². The van der Waals surface area contributed by atoms with E-state index >= 15 is 0 Å². The van der Waals surface area contributed by atoms with Gasteiger partial charge in [0, 0.05) is 35.6 Å². The second-order valence-electron chi connectivity index (χ2n) is 9.21. The Morgan fingerprint density at radius 2 is 2.06 bits per heavy atom. The average Bonchev–Trinajstić information content (AvgIpc) is 3.22. The SMILES string of the molecule is CCCCOCc1c(OC(C)=O)ccc2nc3c(cc12)Cn1c-3cc2c(c1=O)COC(=O)[C@]2(O)CC. The van der Waals surface area contributed by atoms with Crippen LogP contribution in [0.5, 0.6) is 5.75 Å². The van der Waals surface area contributed by atoms with E-state index in [1.165, 1.54) is 6.92 Å². The predicted molar refractivity (Wildman–Crippen MR) is 130 cm³/mol. The summed E-state index contributed by atoms with van der Waals surface area (Å²) >= 11 is 0. The van der Waals surface area contributed by atoms with Crippen LogP contribution in [0.2, 0.25) is 0 Å². The van der Waals surface area contributed by atoms with Gasteiger partial charge in [-0.2, -0.15) is 0 Å². The largest absolute Gasteiger partial charge is 0.458 e. The molecule has 1 N–H and O–H groups in total. The minimum Gasteiger partial charge on any atom is -0.458 e. The predicted octanol–water partition coefficient (Wildman–Crippen LogP) is 3.32. The number of aliphatic hydroxyl groups is 1. The summed E-state index contributed by atoms with van der Waals surface area (Å²) in [5, 5.41) is 11.8. The molecule has 1 atom stereocenters. The Kier molecular flexibility index (Phi) is 6.13. The molecule has 2 aromatic heterocycles. The molecule has 0 fully saturated rings. The highest BCUT2D eigenvalue weighted by atomic mass is 16.6. The van der Waals surface area contributed by atoms with Gasteiger partial charge in [-0.15, -0.1) is 0 Å². The van der Waals surface area contributed by atoms with Crippen molar-refractivity contribution < 1.29 is 28.9 Å². The number of hydrogen-bond donors (Lipinski definition) is 1. The Labute approximate surface area is 207 Å². The van der Waals surface area contributed by atoms with Crippen LogP contribution in [0, 0.1) is 0 Å². The first kappa shape index (κ1) is 24.1. The lowest BCUT2D eigenvalue weighted by Crippen LogP contribution is -2.44. The summed E-state index contributed by atoms with van der Waals surface area (Å²) < 4.78 is 18.0. The van der Waals surface area contributed by atoms with E-state index in [-0.39, 0.29) is 42.9 Å². The van der Waals surface area contributed by atoms with Gasteiger partial charge in [0.15, 0.2) is 5.60 Å². The first-order chi connectivity index (χ1) is 17.3. The van der Waals surface area contributed by atoms with Crippen LogP contribution in [-0.2, 0) is 44.4 Å². The highest BCUT2D eigenvalue weighted by Gasteiger charge is 2.45. The molecule has 9 heteroatoms. The normalized spacial score (nSPS) is 17.9. The summed E-state index contributed by atoms with van der Waals surface area (Å²) in [4.78, 5) is 42.3. The van der Waals surface area contributed by atoms with E-state index < -0.39 is 17.5 Å². The van der Waals surface area contributed by atoms with Gasteiger partial charge in [-0.25, -0.2) is 9.78 Å². The Bertz CT molecular complexity index is 1460. The fourth-order valence-electron chi connectivity index (χ4n) is 4.91. The summed E-state index contributed by atoms with van der Waals surface area (Å²) in [5.41, 5.74) is 1.71. The van der Waals surface area contributed by atoms with Crippen LogP contribution < -0.4 is 10.3 Å². The Hall–Kier alpha value is -3.56. The summed E-state index contributed by atoms with van der Waals surface area (Å²) in [6.07, 6.45) is 2.00. The Morgan fingerprint density at radius 3 is 2.78 bits per heavy atom.